The molecule has 3 amide bonds. The molecule has 4 N–H and O–H groups in total. The lowest BCUT2D eigenvalue weighted by Gasteiger charge is -2.31. The zero-order valence-corrected chi connectivity index (χ0v) is 20.5. The number of amides is 3. The minimum Gasteiger partial charge on any atom is -0.508 e. The fourth-order valence-electron chi connectivity index (χ4n) is 3.72. The van der Waals surface area contributed by atoms with Crippen molar-refractivity contribution in [3.05, 3.63) is 72.3 Å². The van der Waals surface area contributed by atoms with Gasteiger partial charge < -0.3 is 30.5 Å². The Hall–Kier alpha value is -4.11. The van der Waals surface area contributed by atoms with Gasteiger partial charge in [-0.1, -0.05) is 48.5 Å². The molecular weight excluding hydrogens is 462 g/mol. The number of hydrogen-bond donors (Lipinski definition) is 4. The predicted octanol–water partition coefficient (Wildman–Crippen LogP) is 3.57. The van der Waals surface area contributed by atoms with Gasteiger partial charge in [0.15, 0.2) is 0 Å². The van der Waals surface area contributed by atoms with Gasteiger partial charge >= 0.3 is 6.09 Å². The van der Waals surface area contributed by atoms with Crippen LogP contribution in [0.2, 0.25) is 0 Å². The number of rotatable bonds is 8. The van der Waals surface area contributed by atoms with Gasteiger partial charge in [0, 0.05) is 17.8 Å². The van der Waals surface area contributed by atoms with Crippen LogP contribution in [0, 0.1) is 0 Å². The van der Waals surface area contributed by atoms with Crippen LogP contribution in [0.1, 0.15) is 32.4 Å². The van der Waals surface area contributed by atoms with Crippen LogP contribution in [-0.4, -0.2) is 58.3 Å². The number of nitrogens with one attached hydrogen (secondary N) is 2. The summed E-state index contributed by atoms with van der Waals surface area (Å²) in [4.78, 5) is 39.8. The number of phenols is 1. The molecule has 0 bridgehead atoms. The molecule has 0 aliphatic rings. The van der Waals surface area contributed by atoms with Gasteiger partial charge in [-0.15, -0.1) is 0 Å². The second-order valence-corrected chi connectivity index (χ2v) is 9.18. The molecule has 1 atom stereocenters. The fourth-order valence-corrected chi connectivity index (χ4v) is 3.72. The Morgan fingerprint density at radius 2 is 1.64 bits per heavy atom. The van der Waals surface area contributed by atoms with Crippen molar-refractivity contribution in [2.45, 2.75) is 32.4 Å². The molecule has 36 heavy (non-hydrogen) atoms. The summed E-state index contributed by atoms with van der Waals surface area (Å²) in [5.41, 5.74) is -0.0759. The molecule has 1 unspecified atom stereocenters. The number of fused-ring (bicyclic) bond motifs is 1. The Labute approximate surface area is 209 Å². The predicted molar refractivity (Wildman–Crippen MR) is 136 cm³/mol. The summed E-state index contributed by atoms with van der Waals surface area (Å²) in [6.45, 7) is 3.96. The summed E-state index contributed by atoms with van der Waals surface area (Å²) in [7, 11) is 0. The van der Waals surface area contributed by atoms with Crippen molar-refractivity contribution in [2.24, 2.45) is 0 Å². The first kappa shape index (κ1) is 26.5. The third kappa shape index (κ3) is 6.96. The molecule has 190 valence electrons. The zero-order valence-electron chi connectivity index (χ0n) is 20.5. The van der Waals surface area contributed by atoms with E-state index in [9.17, 15) is 24.6 Å². The van der Waals surface area contributed by atoms with Crippen LogP contribution in [-0.2, 0) is 14.3 Å². The molecule has 0 aromatic heterocycles. The Kier molecular flexibility index (Phi) is 8.50. The number of alkyl carbamates (subject to hydrolysis) is 1. The van der Waals surface area contributed by atoms with E-state index < -0.39 is 42.7 Å². The SMILES string of the molecule is CC(C)(C)OC(=O)NCC(=O)N(CCO)C(C(=O)Nc1ccc2ccccc2c1)c1ccccc1O. The molecule has 0 radical (unpaired) electrons. The normalized spacial score (nSPS) is 12.0. The minimum atomic E-state index is -1.28. The number of nitrogens with zero attached hydrogens (tertiary/aromatic N) is 1. The van der Waals surface area contributed by atoms with Crippen LogP contribution in [0.5, 0.6) is 5.75 Å². The second kappa shape index (κ2) is 11.5. The van der Waals surface area contributed by atoms with Crippen LogP contribution in [0.3, 0.4) is 0 Å². The highest BCUT2D eigenvalue weighted by molar-refractivity contribution is 6.00. The number of aliphatic hydroxyl groups excluding tert-OH is 1. The summed E-state index contributed by atoms with van der Waals surface area (Å²) < 4.78 is 5.16. The monoisotopic (exact) mass is 493 g/mol. The van der Waals surface area contributed by atoms with E-state index in [2.05, 4.69) is 10.6 Å². The molecule has 3 aromatic rings. The third-order valence-corrected chi connectivity index (χ3v) is 5.25. The Balaban J connectivity index is 1.89. The van der Waals surface area contributed by atoms with Gasteiger partial charge in [-0.3, -0.25) is 9.59 Å². The molecule has 0 fully saturated rings. The lowest BCUT2D eigenvalue weighted by atomic mass is 10.0. The highest BCUT2D eigenvalue weighted by atomic mass is 16.6. The Morgan fingerprint density at radius 1 is 0.972 bits per heavy atom. The minimum absolute atomic E-state index is 0.176. The van der Waals surface area contributed by atoms with Crippen molar-refractivity contribution in [3.63, 3.8) is 0 Å². The van der Waals surface area contributed by atoms with E-state index in [4.69, 9.17) is 4.74 Å². The molecule has 3 rings (SSSR count). The molecule has 0 heterocycles. The second-order valence-electron chi connectivity index (χ2n) is 9.18. The van der Waals surface area contributed by atoms with Gasteiger partial charge in [0.25, 0.3) is 5.91 Å². The molecule has 9 nitrogen and oxygen atoms in total. The van der Waals surface area contributed by atoms with E-state index in [0.717, 1.165) is 15.7 Å². The van der Waals surface area contributed by atoms with Crippen molar-refractivity contribution in [1.29, 1.82) is 0 Å². The van der Waals surface area contributed by atoms with Crippen LogP contribution in [0.4, 0.5) is 10.5 Å². The number of carbonyl (C=O) groups is 3. The van der Waals surface area contributed by atoms with E-state index in [1.807, 2.05) is 30.3 Å². The average Bonchev–Trinajstić information content (AvgIpc) is 2.82. The van der Waals surface area contributed by atoms with Crippen LogP contribution in [0.15, 0.2) is 66.7 Å². The lowest BCUT2D eigenvalue weighted by molar-refractivity contribution is -0.138. The van der Waals surface area contributed by atoms with Crippen LogP contribution < -0.4 is 10.6 Å². The number of ether oxygens (including phenoxy) is 1. The Morgan fingerprint density at radius 3 is 2.31 bits per heavy atom. The van der Waals surface area contributed by atoms with Crippen molar-refractivity contribution >= 4 is 34.4 Å². The zero-order chi connectivity index (χ0) is 26.3. The van der Waals surface area contributed by atoms with Gasteiger partial charge in [0.2, 0.25) is 5.91 Å². The lowest BCUT2D eigenvalue weighted by Crippen LogP contribution is -2.47. The first-order valence-electron chi connectivity index (χ1n) is 11.5. The van der Waals surface area contributed by atoms with Gasteiger partial charge in [-0.05, 0) is 49.7 Å². The first-order chi connectivity index (χ1) is 17.1. The van der Waals surface area contributed by atoms with E-state index in [-0.39, 0.29) is 17.9 Å². The number of benzene rings is 3. The van der Waals surface area contributed by atoms with Gasteiger partial charge in [-0.2, -0.15) is 0 Å². The third-order valence-electron chi connectivity index (χ3n) is 5.25. The van der Waals surface area contributed by atoms with Gasteiger partial charge in [-0.25, -0.2) is 4.79 Å². The highest BCUT2D eigenvalue weighted by Crippen LogP contribution is 2.30. The van der Waals surface area contributed by atoms with E-state index >= 15 is 0 Å². The number of anilines is 1. The Bertz CT molecular complexity index is 1240. The molecule has 3 aromatic carbocycles. The standard InChI is InChI=1S/C27H31N3O6/c1-27(2,3)36-26(35)28-17-23(33)30(14-15-31)24(21-10-6-7-11-22(21)32)25(34)29-20-13-12-18-8-4-5-9-19(18)16-20/h4-13,16,24,31-32H,14-15,17H2,1-3H3,(H,28,35)(H,29,34). The maximum Gasteiger partial charge on any atom is 0.408 e. The summed E-state index contributed by atoms with van der Waals surface area (Å²) in [6.07, 6.45) is -0.792. The van der Waals surface area contributed by atoms with Crippen molar-refractivity contribution in [3.8, 4) is 5.75 Å². The fraction of sp³-hybridized carbons (Fsp3) is 0.296. The first-order valence-corrected chi connectivity index (χ1v) is 11.5. The molecule has 0 aliphatic carbocycles. The molecule has 0 aliphatic heterocycles. The average molecular weight is 494 g/mol. The number of para-hydroxylation sites is 1. The summed E-state index contributed by atoms with van der Waals surface area (Å²) >= 11 is 0. The maximum absolute atomic E-state index is 13.5. The van der Waals surface area contributed by atoms with Crippen molar-refractivity contribution in [2.75, 3.05) is 25.0 Å². The maximum atomic E-state index is 13.5. The molecule has 0 spiro atoms. The van der Waals surface area contributed by atoms with E-state index in [1.165, 1.54) is 12.1 Å². The molecule has 9 heteroatoms. The largest absolute Gasteiger partial charge is 0.508 e. The summed E-state index contributed by atoms with van der Waals surface area (Å²) in [5, 5.41) is 27.3. The highest BCUT2D eigenvalue weighted by Gasteiger charge is 2.33. The summed E-state index contributed by atoms with van der Waals surface area (Å²) in [6, 6.07) is 18.0. The van der Waals surface area contributed by atoms with Crippen LogP contribution >= 0.6 is 0 Å². The van der Waals surface area contributed by atoms with Gasteiger partial charge in [0.1, 0.15) is 23.9 Å². The molecule has 0 saturated carbocycles. The van der Waals surface area contributed by atoms with E-state index in [0.29, 0.717) is 5.69 Å². The summed E-state index contributed by atoms with van der Waals surface area (Å²) in [5.74, 6) is -1.42. The molecular formula is C27H31N3O6. The number of carbonyl (C=O) groups excluding carboxylic acids is 3. The van der Waals surface area contributed by atoms with Gasteiger partial charge in [0.05, 0.1) is 6.61 Å². The van der Waals surface area contributed by atoms with E-state index in [1.54, 1.807) is 45.0 Å². The topological polar surface area (TPSA) is 128 Å². The van der Waals surface area contributed by atoms with Crippen molar-refractivity contribution in [1.82, 2.24) is 10.2 Å². The number of phenolic OH excluding ortho intramolecular Hbond substituents is 1. The van der Waals surface area contributed by atoms with Crippen molar-refractivity contribution < 1.29 is 29.3 Å². The van der Waals surface area contributed by atoms with Crippen LogP contribution in [0.25, 0.3) is 10.8 Å². The number of aliphatic hydroxyl groups is 1. The quantitative estimate of drug-likeness (QED) is 0.380. The number of hydrogen-bond acceptors (Lipinski definition) is 6. The smallest absolute Gasteiger partial charge is 0.408 e. The number of aromatic hydroxyl groups is 1. The molecule has 0 saturated heterocycles.